The molecule has 1 aliphatic rings. The van der Waals surface area contributed by atoms with Gasteiger partial charge in [0.05, 0.1) is 0 Å². The van der Waals surface area contributed by atoms with E-state index in [1.54, 1.807) is 6.92 Å². The highest BCUT2D eigenvalue weighted by Crippen LogP contribution is 2.33. The van der Waals surface area contributed by atoms with Gasteiger partial charge in [-0.3, -0.25) is 0 Å². The number of hydrogen-bond donors (Lipinski definition) is 0. The fourth-order valence-corrected chi connectivity index (χ4v) is 1.52. The third-order valence-corrected chi connectivity index (χ3v) is 2.19. The Kier molecular flexibility index (Phi) is 2.30. The summed E-state index contributed by atoms with van der Waals surface area (Å²) in [6.45, 7) is -3.09. The van der Waals surface area contributed by atoms with Gasteiger partial charge in [-0.1, -0.05) is 12.8 Å². The van der Waals surface area contributed by atoms with Crippen LogP contribution in [0.25, 0.3) is 0 Å². The van der Waals surface area contributed by atoms with Crippen LogP contribution in [0.2, 0.25) is 0 Å². The third-order valence-electron chi connectivity index (χ3n) is 2.19. The van der Waals surface area contributed by atoms with Gasteiger partial charge in [0.15, 0.2) is 0 Å². The van der Waals surface area contributed by atoms with Gasteiger partial charge in [-0.05, 0) is 19.8 Å². The van der Waals surface area contributed by atoms with Crippen molar-refractivity contribution in [2.45, 2.75) is 32.6 Å². The molecule has 0 aliphatic heterocycles. The molecule has 0 radical (unpaired) electrons. The van der Waals surface area contributed by atoms with E-state index in [-0.39, 0.29) is 11.9 Å². The second kappa shape index (κ2) is 2.91. The first-order valence-corrected chi connectivity index (χ1v) is 3.90. The van der Waals surface area contributed by atoms with Crippen LogP contribution >= 0.6 is 0 Å². The van der Waals surface area contributed by atoms with Crippen molar-refractivity contribution >= 4 is 6.98 Å². The summed E-state index contributed by atoms with van der Waals surface area (Å²) in [4.78, 5) is 0. The molecular formula is C7H11BF3-. The summed E-state index contributed by atoms with van der Waals surface area (Å²) in [5.41, 5.74) is 0.333. The Morgan fingerprint density at radius 1 is 1.09 bits per heavy atom. The topological polar surface area (TPSA) is 0 Å². The van der Waals surface area contributed by atoms with E-state index in [9.17, 15) is 12.9 Å². The van der Waals surface area contributed by atoms with Gasteiger partial charge in [0, 0.05) is 0 Å². The zero-order chi connectivity index (χ0) is 8.48. The molecule has 0 heterocycles. The van der Waals surface area contributed by atoms with E-state index >= 15 is 0 Å². The van der Waals surface area contributed by atoms with E-state index in [1.165, 1.54) is 0 Å². The highest BCUT2D eigenvalue weighted by molar-refractivity contribution is 6.67. The summed E-state index contributed by atoms with van der Waals surface area (Å²) in [7, 11) is 0. The zero-order valence-corrected chi connectivity index (χ0v) is 6.54. The first kappa shape index (κ1) is 8.69. The molecule has 4 heteroatoms. The standard InChI is InChI=1S/C7H11BF3/c1-6-4-2-3-5-7(6)8(9,10)11/h2-5H2,1H3/q-1. The molecule has 0 unspecified atom stereocenters. The SMILES string of the molecule is CC1=C([B-](F)(F)F)CCCC1. The number of rotatable bonds is 1. The van der Waals surface area contributed by atoms with E-state index in [1.807, 2.05) is 0 Å². The zero-order valence-electron chi connectivity index (χ0n) is 6.54. The molecule has 0 saturated heterocycles. The summed E-state index contributed by atoms with van der Waals surface area (Å²) in [5, 5.41) is 0. The molecule has 1 rings (SSSR count). The molecule has 11 heavy (non-hydrogen) atoms. The van der Waals surface area contributed by atoms with Gasteiger partial charge in [0.2, 0.25) is 0 Å². The van der Waals surface area contributed by atoms with Crippen LogP contribution in [0.1, 0.15) is 32.6 Å². The van der Waals surface area contributed by atoms with E-state index in [0.29, 0.717) is 18.4 Å². The van der Waals surface area contributed by atoms with Crippen molar-refractivity contribution < 1.29 is 12.9 Å². The van der Waals surface area contributed by atoms with E-state index < -0.39 is 6.98 Å². The summed E-state index contributed by atoms with van der Waals surface area (Å²) >= 11 is 0. The molecule has 64 valence electrons. The lowest BCUT2D eigenvalue weighted by Gasteiger charge is -2.26. The largest absolute Gasteiger partial charge is 0.505 e. The average molecular weight is 163 g/mol. The molecule has 0 spiro atoms. The highest BCUT2D eigenvalue weighted by atomic mass is 19.4. The predicted molar refractivity (Wildman–Crippen MR) is 40.2 cm³/mol. The van der Waals surface area contributed by atoms with Crippen LogP contribution in [0.15, 0.2) is 11.0 Å². The minimum atomic E-state index is -4.69. The summed E-state index contributed by atoms with van der Waals surface area (Å²) in [6.07, 6.45) is 2.50. The van der Waals surface area contributed by atoms with Crippen molar-refractivity contribution in [2.75, 3.05) is 0 Å². The number of halogens is 3. The van der Waals surface area contributed by atoms with Gasteiger partial charge in [0.1, 0.15) is 0 Å². The van der Waals surface area contributed by atoms with E-state index in [2.05, 4.69) is 0 Å². The second-order valence-corrected chi connectivity index (χ2v) is 3.09. The van der Waals surface area contributed by atoms with Crippen molar-refractivity contribution in [2.24, 2.45) is 0 Å². The van der Waals surface area contributed by atoms with Crippen LogP contribution in [-0.4, -0.2) is 6.98 Å². The molecule has 0 aromatic carbocycles. The van der Waals surface area contributed by atoms with Gasteiger partial charge in [-0.2, -0.15) is 0 Å². The lowest BCUT2D eigenvalue weighted by molar-refractivity contribution is 0.476. The Morgan fingerprint density at radius 3 is 2.00 bits per heavy atom. The van der Waals surface area contributed by atoms with Gasteiger partial charge >= 0.3 is 6.98 Å². The number of allylic oxidation sites excluding steroid dienone is 2. The fourth-order valence-electron chi connectivity index (χ4n) is 1.52. The molecule has 0 N–H and O–H groups in total. The Balaban J connectivity index is 2.83. The first-order chi connectivity index (χ1) is 5.02. The minimum absolute atomic E-state index is 0.226. The van der Waals surface area contributed by atoms with Crippen molar-refractivity contribution in [1.29, 1.82) is 0 Å². The van der Waals surface area contributed by atoms with Crippen molar-refractivity contribution in [3.63, 3.8) is 0 Å². The normalized spacial score (nSPS) is 20.7. The van der Waals surface area contributed by atoms with Gasteiger partial charge < -0.3 is 12.9 Å². The van der Waals surface area contributed by atoms with Crippen LogP contribution in [0.5, 0.6) is 0 Å². The van der Waals surface area contributed by atoms with Crippen LogP contribution in [0.4, 0.5) is 12.9 Å². The van der Waals surface area contributed by atoms with Crippen LogP contribution in [0.3, 0.4) is 0 Å². The predicted octanol–water partition coefficient (Wildman–Crippen LogP) is 3.26. The summed E-state index contributed by atoms with van der Waals surface area (Å²) in [6, 6.07) is 0. The monoisotopic (exact) mass is 163 g/mol. The molecule has 0 aromatic heterocycles. The minimum Gasteiger partial charge on any atom is -0.445 e. The lowest BCUT2D eigenvalue weighted by atomic mass is 9.70. The third kappa shape index (κ3) is 2.01. The van der Waals surface area contributed by atoms with Crippen LogP contribution < -0.4 is 0 Å². The number of hydrogen-bond acceptors (Lipinski definition) is 0. The van der Waals surface area contributed by atoms with Crippen LogP contribution in [0, 0.1) is 0 Å². The highest BCUT2D eigenvalue weighted by Gasteiger charge is 2.30. The molecule has 0 aromatic rings. The molecule has 0 bridgehead atoms. The molecule has 0 saturated carbocycles. The van der Waals surface area contributed by atoms with E-state index in [0.717, 1.165) is 6.42 Å². The van der Waals surface area contributed by atoms with Crippen LogP contribution in [-0.2, 0) is 0 Å². The van der Waals surface area contributed by atoms with Gasteiger partial charge in [0.25, 0.3) is 0 Å². The molecule has 0 fully saturated rings. The Labute approximate surface area is 64.5 Å². The molecule has 0 nitrogen and oxygen atoms in total. The maximum Gasteiger partial charge on any atom is 0.505 e. The molecule has 0 amide bonds. The Bertz CT molecular complexity index is 181. The second-order valence-electron chi connectivity index (χ2n) is 3.09. The van der Waals surface area contributed by atoms with Crippen molar-refractivity contribution in [3.05, 3.63) is 11.0 Å². The fraction of sp³-hybridized carbons (Fsp3) is 0.714. The van der Waals surface area contributed by atoms with E-state index in [4.69, 9.17) is 0 Å². The maximum absolute atomic E-state index is 12.2. The summed E-state index contributed by atoms with van der Waals surface area (Å²) in [5.74, 6) is 0. The van der Waals surface area contributed by atoms with Gasteiger partial charge in [-0.15, -0.1) is 11.0 Å². The smallest absolute Gasteiger partial charge is 0.445 e. The summed E-state index contributed by atoms with van der Waals surface area (Å²) < 4.78 is 36.6. The Hall–Kier alpha value is -0.405. The van der Waals surface area contributed by atoms with Gasteiger partial charge in [-0.25, -0.2) is 0 Å². The quantitative estimate of drug-likeness (QED) is 0.520. The lowest BCUT2D eigenvalue weighted by Crippen LogP contribution is -2.22. The average Bonchev–Trinajstić information content (AvgIpc) is 1.86. The molecule has 0 atom stereocenters. The first-order valence-electron chi connectivity index (χ1n) is 3.90. The molecule has 1 aliphatic carbocycles. The Morgan fingerprint density at radius 2 is 1.64 bits per heavy atom. The van der Waals surface area contributed by atoms with Crippen molar-refractivity contribution in [3.8, 4) is 0 Å². The molecular weight excluding hydrogens is 152 g/mol. The maximum atomic E-state index is 12.2. The van der Waals surface area contributed by atoms with Crippen molar-refractivity contribution in [1.82, 2.24) is 0 Å².